The van der Waals surface area contributed by atoms with Gasteiger partial charge in [-0.1, -0.05) is 0 Å². The quantitative estimate of drug-likeness (QED) is 0.587. The molecule has 1 saturated carbocycles. The molecule has 0 radical (unpaired) electrons. The van der Waals surface area contributed by atoms with E-state index in [0.717, 1.165) is 38.8 Å². The molecule has 8 heteroatoms. The Kier molecular flexibility index (Phi) is 5.66. The summed E-state index contributed by atoms with van der Waals surface area (Å²) in [6.45, 7) is 7.04. The van der Waals surface area contributed by atoms with Gasteiger partial charge in [0.25, 0.3) is 6.43 Å². The fraction of sp³-hybridized carbons (Fsp3) is 0.684. The molecule has 150 valence electrons. The monoisotopic (exact) mass is 446 g/mol. The van der Waals surface area contributed by atoms with Crippen molar-refractivity contribution in [2.45, 2.75) is 64.6 Å². The van der Waals surface area contributed by atoms with E-state index in [9.17, 15) is 13.6 Å². The van der Waals surface area contributed by atoms with Crippen LogP contribution in [-0.4, -0.2) is 40.8 Å². The highest BCUT2D eigenvalue weighted by Gasteiger charge is 2.48. The van der Waals surface area contributed by atoms with Crippen LogP contribution in [0, 0.1) is 5.41 Å². The molecule has 2 heterocycles. The Bertz CT molecular complexity index is 693. The van der Waals surface area contributed by atoms with Gasteiger partial charge in [0.1, 0.15) is 16.3 Å². The number of halogens is 3. The maximum absolute atomic E-state index is 12.8. The largest absolute Gasteiger partial charge is 0.474 e. The van der Waals surface area contributed by atoms with Crippen molar-refractivity contribution < 1.29 is 23.0 Å². The van der Waals surface area contributed by atoms with Crippen LogP contribution in [-0.2, 0) is 4.74 Å². The second kappa shape index (κ2) is 7.53. The van der Waals surface area contributed by atoms with Crippen molar-refractivity contribution in [3.8, 4) is 5.88 Å². The van der Waals surface area contributed by atoms with Gasteiger partial charge in [0.15, 0.2) is 0 Å². The van der Waals surface area contributed by atoms with Gasteiger partial charge in [-0.05, 0) is 68.5 Å². The number of likely N-dealkylation sites (tertiary alicyclic amines) is 1. The van der Waals surface area contributed by atoms with Crippen molar-refractivity contribution in [3.05, 3.63) is 22.3 Å². The van der Waals surface area contributed by atoms with E-state index in [2.05, 4.69) is 20.9 Å². The van der Waals surface area contributed by atoms with Gasteiger partial charge in [-0.2, -0.15) is 0 Å². The number of hydrogen-bond acceptors (Lipinski definition) is 4. The number of rotatable bonds is 3. The van der Waals surface area contributed by atoms with Crippen molar-refractivity contribution in [1.82, 2.24) is 9.88 Å². The maximum Gasteiger partial charge on any atom is 0.410 e. The average Bonchev–Trinajstić information content (AvgIpc) is 2.51. The normalized spacial score (nSPS) is 19.9. The number of hydrogen-bond donors (Lipinski definition) is 0. The van der Waals surface area contributed by atoms with Crippen LogP contribution in [0.3, 0.4) is 0 Å². The molecule has 2 aliphatic rings. The van der Waals surface area contributed by atoms with E-state index in [1.807, 2.05) is 20.8 Å². The molecule has 1 spiro atoms. The van der Waals surface area contributed by atoms with Crippen LogP contribution in [0.25, 0.3) is 0 Å². The van der Waals surface area contributed by atoms with Crippen molar-refractivity contribution in [2.24, 2.45) is 5.41 Å². The number of nitrogens with zero attached hydrogens (tertiary/aromatic N) is 2. The molecule has 1 saturated heterocycles. The summed E-state index contributed by atoms with van der Waals surface area (Å²) in [5, 5.41) is 0. The molecule has 0 atom stereocenters. The summed E-state index contributed by atoms with van der Waals surface area (Å²) in [5.41, 5.74) is -0.460. The SMILES string of the molecule is CC(C)(C)OC(=O)N1CC2(CCC(Oc3ccc(C(F)F)c(Br)n3)CC2)C1. The Morgan fingerprint density at radius 2 is 1.93 bits per heavy atom. The molecular weight excluding hydrogens is 422 g/mol. The second-order valence-corrected chi connectivity index (χ2v) is 9.23. The minimum atomic E-state index is -2.57. The van der Waals surface area contributed by atoms with Crippen LogP contribution in [0.1, 0.15) is 58.4 Å². The van der Waals surface area contributed by atoms with E-state index in [0.29, 0.717) is 5.88 Å². The third-order valence-electron chi connectivity index (χ3n) is 5.07. The molecule has 5 nitrogen and oxygen atoms in total. The van der Waals surface area contributed by atoms with Gasteiger partial charge in [-0.3, -0.25) is 0 Å². The fourth-order valence-electron chi connectivity index (χ4n) is 3.68. The van der Waals surface area contributed by atoms with Gasteiger partial charge in [0.05, 0.1) is 5.56 Å². The summed E-state index contributed by atoms with van der Waals surface area (Å²) in [5.74, 6) is 0.358. The van der Waals surface area contributed by atoms with Gasteiger partial charge < -0.3 is 14.4 Å². The first kappa shape index (κ1) is 20.3. The van der Waals surface area contributed by atoms with Crippen molar-refractivity contribution in [2.75, 3.05) is 13.1 Å². The Morgan fingerprint density at radius 1 is 1.30 bits per heavy atom. The third-order valence-corrected chi connectivity index (χ3v) is 5.71. The highest BCUT2D eigenvalue weighted by Crippen LogP contribution is 2.45. The molecular formula is C19H25BrF2N2O3. The summed E-state index contributed by atoms with van der Waals surface area (Å²) in [4.78, 5) is 17.9. The average molecular weight is 447 g/mol. The zero-order valence-corrected chi connectivity index (χ0v) is 17.4. The minimum absolute atomic E-state index is 0.0167. The molecule has 1 aromatic heterocycles. The highest BCUT2D eigenvalue weighted by molar-refractivity contribution is 9.10. The first-order chi connectivity index (χ1) is 12.6. The Morgan fingerprint density at radius 3 is 2.44 bits per heavy atom. The summed E-state index contributed by atoms with van der Waals surface area (Å²) >= 11 is 3.07. The Labute approximate surface area is 166 Å². The molecule has 2 fully saturated rings. The van der Waals surface area contributed by atoms with E-state index in [1.165, 1.54) is 12.1 Å². The molecule has 1 aromatic rings. The summed E-state index contributed by atoms with van der Waals surface area (Å²) in [6.07, 6.45) is 0.848. The summed E-state index contributed by atoms with van der Waals surface area (Å²) in [7, 11) is 0. The van der Waals surface area contributed by atoms with Crippen molar-refractivity contribution in [1.29, 1.82) is 0 Å². The lowest BCUT2D eigenvalue weighted by Crippen LogP contribution is -2.60. The summed E-state index contributed by atoms with van der Waals surface area (Å²) in [6, 6.07) is 2.83. The molecule has 1 aliphatic heterocycles. The molecule has 0 bridgehead atoms. The van der Waals surface area contributed by atoms with Gasteiger partial charge in [-0.15, -0.1) is 0 Å². The predicted molar refractivity (Wildman–Crippen MR) is 100 cm³/mol. The van der Waals surface area contributed by atoms with Crippen LogP contribution in [0.15, 0.2) is 16.7 Å². The van der Waals surface area contributed by atoms with Crippen LogP contribution < -0.4 is 4.74 Å². The fourth-order valence-corrected chi connectivity index (χ4v) is 4.16. The van der Waals surface area contributed by atoms with E-state index in [1.54, 1.807) is 4.90 Å². The van der Waals surface area contributed by atoms with Gasteiger partial charge in [0.2, 0.25) is 5.88 Å². The number of alkyl halides is 2. The van der Waals surface area contributed by atoms with E-state index in [4.69, 9.17) is 9.47 Å². The molecule has 0 unspecified atom stereocenters. The van der Waals surface area contributed by atoms with Crippen LogP contribution in [0.2, 0.25) is 0 Å². The molecule has 27 heavy (non-hydrogen) atoms. The van der Waals surface area contributed by atoms with Crippen LogP contribution >= 0.6 is 15.9 Å². The van der Waals surface area contributed by atoms with Crippen molar-refractivity contribution >= 4 is 22.0 Å². The topological polar surface area (TPSA) is 51.7 Å². The lowest BCUT2D eigenvalue weighted by molar-refractivity contribution is -0.0610. The highest BCUT2D eigenvalue weighted by atomic mass is 79.9. The zero-order chi connectivity index (χ0) is 19.8. The Hall–Kier alpha value is -1.44. The standard InChI is InChI=1S/C19H25BrF2N2O3/c1-18(2,3)27-17(25)24-10-19(11-24)8-6-12(7-9-19)26-14-5-4-13(16(21)22)15(20)23-14/h4-5,12,16H,6-11H2,1-3H3. The lowest BCUT2D eigenvalue weighted by atomic mass is 9.68. The Balaban J connectivity index is 1.48. The van der Waals surface area contributed by atoms with Crippen molar-refractivity contribution in [3.63, 3.8) is 0 Å². The maximum atomic E-state index is 12.8. The minimum Gasteiger partial charge on any atom is -0.474 e. The number of pyridine rings is 1. The van der Waals surface area contributed by atoms with Gasteiger partial charge in [-0.25, -0.2) is 18.6 Å². The van der Waals surface area contributed by atoms with Gasteiger partial charge in [0, 0.05) is 24.6 Å². The molecule has 1 amide bonds. The molecule has 3 rings (SSSR count). The number of amides is 1. The van der Waals surface area contributed by atoms with Crippen LogP contribution in [0.4, 0.5) is 13.6 Å². The van der Waals surface area contributed by atoms with E-state index >= 15 is 0 Å². The van der Waals surface area contributed by atoms with Gasteiger partial charge >= 0.3 is 6.09 Å². The number of carbonyl (C=O) groups excluding carboxylic acids is 1. The first-order valence-electron chi connectivity index (χ1n) is 9.16. The first-order valence-corrected chi connectivity index (χ1v) is 9.95. The number of carbonyl (C=O) groups is 1. The number of ether oxygens (including phenoxy) is 2. The van der Waals surface area contributed by atoms with E-state index < -0.39 is 12.0 Å². The zero-order valence-electron chi connectivity index (χ0n) is 15.8. The van der Waals surface area contributed by atoms with Crippen LogP contribution in [0.5, 0.6) is 5.88 Å². The number of aromatic nitrogens is 1. The molecule has 0 N–H and O–H groups in total. The third kappa shape index (κ3) is 4.89. The molecule has 0 aromatic carbocycles. The summed E-state index contributed by atoms with van der Waals surface area (Å²) < 4.78 is 37.0. The predicted octanol–water partition coefficient (Wildman–Crippen LogP) is 5.34. The molecule has 1 aliphatic carbocycles. The van der Waals surface area contributed by atoms with E-state index in [-0.39, 0.29) is 27.8 Å². The smallest absolute Gasteiger partial charge is 0.410 e. The second-order valence-electron chi connectivity index (χ2n) is 8.48. The lowest BCUT2D eigenvalue weighted by Gasteiger charge is -2.52.